The molecular weight excluding hydrogens is 124 g/mol. The van der Waals surface area contributed by atoms with Gasteiger partial charge in [-0.1, -0.05) is 0 Å². The quantitative estimate of drug-likeness (QED) is 0.562. The molecule has 0 aromatic carbocycles. The molecule has 1 N–H and O–H groups in total. The van der Waals surface area contributed by atoms with E-state index in [4.69, 9.17) is 5.41 Å². The number of hydrogen-bond donors (Lipinski definition) is 1. The average molecular weight is 136 g/mol. The van der Waals surface area contributed by atoms with Crippen molar-refractivity contribution in [3.05, 3.63) is 11.1 Å². The molecule has 2 heteroatoms. The first-order valence-electron chi connectivity index (χ1n) is 3.53. The molecule has 0 aromatic rings. The van der Waals surface area contributed by atoms with Gasteiger partial charge in [-0.05, 0) is 30.4 Å². The Kier molecular flexibility index (Phi) is 2.37. The van der Waals surface area contributed by atoms with E-state index in [2.05, 4.69) is 4.99 Å². The second-order valence-corrected chi connectivity index (χ2v) is 2.44. The Bertz CT molecular complexity index is 189. The van der Waals surface area contributed by atoms with Gasteiger partial charge in [-0.3, -0.25) is 4.99 Å². The van der Waals surface area contributed by atoms with Gasteiger partial charge in [0, 0.05) is 19.5 Å². The van der Waals surface area contributed by atoms with Crippen LogP contribution in [0.25, 0.3) is 0 Å². The maximum atomic E-state index is 7.06. The van der Waals surface area contributed by atoms with E-state index in [0.29, 0.717) is 0 Å². The van der Waals surface area contributed by atoms with Crippen LogP contribution in [0.1, 0.15) is 19.3 Å². The van der Waals surface area contributed by atoms with Gasteiger partial charge in [0.2, 0.25) is 0 Å². The van der Waals surface area contributed by atoms with Gasteiger partial charge in [0.05, 0.1) is 0 Å². The van der Waals surface area contributed by atoms with E-state index >= 15 is 0 Å². The van der Waals surface area contributed by atoms with Gasteiger partial charge in [-0.15, -0.1) is 0 Å². The fourth-order valence-corrected chi connectivity index (χ4v) is 1.26. The maximum Gasteiger partial charge on any atom is 0.0277 e. The largest absolute Gasteiger partial charge is 0.308 e. The first-order chi connectivity index (χ1) is 4.88. The van der Waals surface area contributed by atoms with Crippen LogP contribution in [-0.2, 0) is 0 Å². The van der Waals surface area contributed by atoms with Crippen LogP contribution in [0.3, 0.4) is 0 Å². The van der Waals surface area contributed by atoms with E-state index in [9.17, 15) is 0 Å². The third kappa shape index (κ3) is 1.32. The van der Waals surface area contributed by atoms with Gasteiger partial charge in [0.15, 0.2) is 0 Å². The summed E-state index contributed by atoms with van der Waals surface area (Å²) in [5, 5.41) is 7.06. The summed E-state index contributed by atoms with van der Waals surface area (Å²) in [6.45, 7) is 0. The molecule has 0 unspecified atom stereocenters. The number of allylic oxidation sites excluding steroid dienone is 2. The van der Waals surface area contributed by atoms with Crippen LogP contribution in [0, 0.1) is 5.41 Å². The molecular formula is C8H12N2. The predicted octanol–water partition coefficient (Wildman–Crippen LogP) is 1.82. The summed E-state index contributed by atoms with van der Waals surface area (Å²) in [5.74, 6) is 0. The zero-order valence-corrected chi connectivity index (χ0v) is 6.22. The third-order valence-corrected chi connectivity index (χ3v) is 1.76. The molecule has 10 heavy (non-hydrogen) atoms. The molecule has 1 aliphatic carbocycles. The lowest BCUT2D eigenvalue weighted by Gasteiger charge is -1.91. The van der Waals surface area contributed by atoms with Gasteiger partial charge in [-0.25, -0.2) is 0 Å². The monoisotopic (exact) mass is 136 g/mol. The van der Waals surface area contributed by atoms with Gasteiger partial charge in [-0.2, -0.15) is 0 Å². The number of nitrogens with zero attached hydrogens (tertiary/aromatic N) is 1. The molecule has 0 saturated heterocycles. The Labute approximate surface area is 61.2 Å². The summed E-state index contributed by atoms with van der Waals surface area (Å²) in [6, 6.07) is 0. The Morgan fingerprint density at radius 1 is 1.40 bits per heavy atom. The van der Waals surface area contributed by atoms with Crippen molar-refractivity contribution in [3.63, 3.8) is 0 Å². The van der Waals surface area contributed by atoms with Crippen molar-refractivity contribution in [2.75, 3.05) is 7.05 Å². The molecule has 0 fully saturated rings. The van der Waals surface area contributed by atoms with Gasteiger partial charge in [0.25, 0.3) is 0 Å². The summed E-state index contributed by atoms with van der Waals surface area (Å²) >= 11 is 0. The fourth-order valence-electron chi connectivity index (χ4n) is 1.26. The molecule has 1 rings (SSSR count). The van der Waals surface area contributed by atoms with E-state index in [-0.39, 0.29) is 0 Å². The van der Waals surface area contributed by atoms with Crippen LogP contribution in [0.4, 0.5) is 0 Å². The predicted molar refractivity (Wildman–Crippen MR) is 44.1 cm³/mol. The molecule has 2 nitrogen and oxygen atoms in total. The first kappa shape index (κ1) is 7.19. The smallest absolute Gasteiger partial charge is 0.0277 e. The summed E-state index contributed by atoms with van der Waals surface area (Å²) in [4.78, 5) is 3.93. The Morgan fingerprint density at radius 2 is 2.10 bits per heavy atom. The zero-order valence-electron chi connectivity index (χ0n) is 6.22. The van der Waals surface area contributed by atoms with Gasteiger partial charge < -0.3 is 5.41 Å². The molecule has 0 bridgehead atoms. The molecule has 1 aliphatic rings. The maximum absolute atomic E-state index is 7.06. The van der Waals surface area contributed by atoms with Crippen molar-refractivity contribution in [1.29, 1.82) is 5.41 Å². The van der Waals surface area contributed by atoms with E-state index in [0.717, 1.165) is 18.4 Å². The molecule has 0 heterocycles. The van der Waals surface area contributed by atoms with Crippen LogP contribution >= 0.6 is 0 Å². The van der Waals surface area contributed by atoms with Crippen LogP contribution in [0.2, 0.25) is 0 Å². The Hall–Kier alpha value is -0.920. The van der Waals surface area contributed by atoms with E-state index < -0.39 is 0 Å². The minimum Gasteiger partial charge on any atom is -0.308 e. The second-order valence-electron chi connectivity index (χ2n) is 2.44. The lowest BCUT2D eigenvalue weighted by atomic mass is 10.2. The minimum absolute atomic E-state index is 1.06. The molecule has 54 valence electrons. The summed E-state index contributed by atoms with van der Waals surface area (Å²) in [6.07, 6.45) is 6.66. The van der Waals surface area contributed by atoms with Crippen LogP contribution in [0.5, 0.6) is 0 Å². The fraction of sp³-hybridized carbons (Fsp3) is 0.500. The van der Waals surface area contributed by atoms with Crippen molar-refractivity contribution < 1.29 is 0 Å². The number of aliphatic imine (C=N–C) groups is 1. The van der Waals surface area contributed by atoms with E-state index in [1.807, 2.05) is 6.21 Å². The third-order valence-electron chi connectivity index (χ3n) is 1.76. The van der Waals surface area contributed by atoms with Crippen LogP contribution in [0.15, 0.2) is 16.1 Å². The molecule has 0 aliphatic heterocycles. The van der Waals surface area contributed by atoms with Crippen molar-refractivity contribution in [1.82, 2.24) is 0 Å². The molecule has 0 spiro atoms. The highest BCUT2D eigenvalue weighted by atomic mass is 14.6. The molecule has 0 saturated carbocycles. The normalized spacial score (nSPS) is 18.9. The van der Waals surface area contributed by atoms with Crippen molar-refractivity contribution in [2.24, 2.45) is 4.99 Å². The molecule has 0 amide bonds. The SMILES string of the molecule is C/N=C\C1=C(C=N)CCC1. The molecule has 0 atom stereocenters. The Morgan fingerprint density at radius 3 is 2.70 bits per heavy atom. The number of hydrogen-bond acceptors (Lipinski definition) is 2. The summed E-state index contributed by atoms with van der Waals surface area (Å²) < 4.78 is 0. The first-order valence-corrected chi connectivity index (χ1v) is 3.53. The average Bonchev–Trinajstić information content (AvgIpc) is 2.36. The van der Waals surface area contributed by atoms with Crippen molar-refractivity contribution in [2.45, 2.75) is 19.3 Å². The molecule has 0 radical (unpaired) electrons. The zero-order chi connectivity index (χ0) is 7.40. The van der Waals surface area contributed by atoms with Crippen molar-refractivity contribution in [3.8, 4) is 0 Å². The van der Waals surface area contributed by atoms with E-state index in [1.165, 1.54) is 18.2 Å². The topological polar surface area (TPSA) is 36.2 Å². The van der Waals surface area contributed by atoms with Gasteiger partial charge in [0.1, 0.15) is 0 Å². The highest BCUT2D eigenvalue weighted by Crippen LogP contribution is 2.22. The van der Waals surface area contributed by atoms with Crippen molar-refractivity contribution >= 4 is 12.4 Å². The second kappa shape index (κ2) is 3.30. The highest BCUT2D eigenvalue weighted by Gasteiger charge is 2.09. The lowest BCUT2D eigenvalue weighted by molar-refractivity contribution is 0.914. The lowest BCUT2D eigenvalue weighted by Crippen LogP contribution is -1.85. The summed E-state index contributed by atoms with van der Waals surface area (Å²) in [7, 11) is 1.77. The Balaban J connectivity index is 2.77. The summed E-state index contributed by atoms with van der Waals surface area (Å²) in [5.41, 5.74) is 2.41. The standard InChI is InChI=1S/C8H12N2/c1-10-6-8-4-2-3-7(8)5-9/h5-6,9H,2-4H2,1H3/b9-5?,10-6-. The minimum atomic E-state index is 1.06. The molecule has 0 aromatic heterocycles. The van der Waals surface area contributed by atoms with Gasteiger partial charge >= 0.3 is 0 Å². The van der Waals surface area contributed by atoms with E-state index in [1.54, 1.807) is 7.05 Å². The van der Waals surface area contributed by atoms with Crippen LogP contribution in [-0.4, -0.2) is 19.5 Å². The highest BCUT2D eigenvalue weighted by molar-refractivity contribution is 5.91. The van der Waals surface area contributed by atoms with Crippen LogP contribution < -0.4 is 0 Å². The number of rotatable bonds is 2. The number of nitrogens with one attached hydrogen (secondary N) is 1.